The van der Waals surface area contributed by atoms with Crippen molar-refractivity contribution in [3.05, 3.63) is 56.4 Å². The molecule has 1 atom stereocenters. The van der Waals surface area contributed by atoms with Crippen molar-refractivity contribution in [2.24, 2.45) is 0 Å². The van der Waals surface area contributed by atoms with Crippen molar-refractivity contribution >= 4 is 27.3 Å². The van der Waals surface area contributed by atoms with Gasteiger partial charge in [0.25, 0.3) is 0 Å². The topological polar surface area (TPSA) is 20.2 Å². The lowest BCUT2D eigenvalue weighted by Gasteiger charge is -2.27. The second-order valence-electron chi connectivity index (χ2n) is 4.25. The molecule has 0 aliphatic carbocycles. The molecule has 1 nitrogen and oxygen atoms in total. The maximum absolute atomic E-state index is 13.8. The summed E-state index contributed by atoms with van der Waals surface area (Å²) in [6, 6.07) is 10.3. The Hall–Kier alpha value is -0.710. The van der Waals surface area contributed by atoms with E-state index in [4.69, 9.17) is 0 Å². The van der Waals surface area contributed by atoms with Crippen molar-refractivity contribution in [1.29, 1.82) is 0 Å². The summed E-state index contributed by atoms with van der Waals surface area (Å²) in [6.45, 7) is 1.87. The van der Waals surface area contributed by atoms with Crippen LogP contribution in [0.5, 0.6) is 0 Å². The van der Waals surface area contributed by atoms with Crippen molar-refractivity contribution in [3.8, 4) is 0 Å². The Balaban J connectivity index is 2.33. The van der Waals surface area contributed by atoms with Crippen LogP contribution in [-0.2, 0) is 12.0 Å². The maximum Gasteiger partial charge on any atom is 0.129 e. The standard InChI is InChI=1S/C14H14BrFOS/c1-2-14(17,9-10-7-8-13(15)18-10)11-5-3-4-6-12(11)16/h3-8,17H,2,9H2,1H3. The van der Waals surface area contributed by atoms with Crippen LogP contribution in [0.2, 0.25) is 0 Å². The van der Waals surface area contributed by atoms with E-state index in [1.54, 1.807) is 29.5 Å². The number of halogens is 2. The van der Waals surface area contributed by atoms with E-state index >= 15 is 0 Å². The van der Waals surface area contributed by atoms with Gasteiger partial charge in [0.1, 0.15) is 5.82 Å². The van der Waals surface area contributed by atoms with Crippen LogP contribution in [0.3, 0.4) is 0 Å². The van der Waals surface area contributed by atoms with Crippen LogP contribution in [0.1, 0.15) is 23.8 Å². The molecule has 1 aromatic heterocycles. The quantitative estimate of drug-likeness (QED) is 0.876. The van der Waals surface area contributed by atoms with Gasteiger partial charge in [0.05, 0.1) is 9.39 Å². The lowest BCUT2D eigenvalue weighted by molar-refractivity contribution is 0.0300. The maximum atomic E-state index is 13.8. The lowest BCUT2D eigenvalue weighted by Crippen LogP contribution is -2.28. The molecule has 0 bridgehead atoms. The molecule has 18 heavy (non-hydrogen) atoms. The monoisotopic (exact) mass is 328 g/mol. The normalized spacial score (nSPS) is 14.4. The van der Waals surface area contributed by atoms with Crippen molar-refractivity contribution in [1.82, 2.24) is 0 Å². The summed E-state index contributed by atoms with van der Waals surface area (Å²) in [6.07, 6.45) is 0.907. The molecule has 1 N–H and O–H groups in total. The summed E-state index contributed by atoms with van der Waals surface area (Å²) in [4.78, 5) is 1.04. The van der Waals surface area contributed by atoms with Gasteiger partial charge in [-0.1, -0.05) is 25.1 Å². The average molecular weight is 329 g/mol. The number of rotatable bonds is 4. The van der Waals surface area contributed by atoms with E-state index < -0.39 is 5.60 Å². The van der Waals surface area contributed by atoms with E-state index in [-0.39, 0.29) is 5.82 Å². The summed E-state index contributed by atoms with van der Waals surface area (Å²) in [5.74, 6) is -0.350. The van der Waals surface area contributed by atoms with E-state index in [1.165, 1.54) is 6.07 Å². The molecule has 0 radical (unpaired) electrons. The number of aliphatic hydroxyl groups is 1. The predicted molar refractivity (Wildman–Crippen MR) is 76.3 cm³/mol. The minimum Gasteiger partial charge on any atom is -0.385 e. The van der Waals surface area contributed by atoms with Crippen molar-refractivity contribution in [2.45, 2.75) is 25.4 Å². The molecule has 0 aliphatic rings. The van der Waals surface area contributed by atoms with Crippen LogP contribution < -0.4 is 0 Å². The molecule has 0 aliphatic heterocycles. The van der Waals surface area contributed by atoms with E-state index in [2.05, 4.69) is 15.9 Å². The second kappa shape index (κ2) is 5.51. The van der Waals surface area contributed by atoms with Crippen LogP contribution in [0.25, 0.3) is 0 Å². The van der Waals surface area contributed by atoms with Gasteiger partial charge in [0.2, 0.25) is 0 Å². The summed E-state index contributed by atoms with van der Waals surface area (Å²) in [7, 11) is 0. The fourth-order valence-electron chi connectivity index (χ4n) is 1.98. The minimum absolute atomic E-state index is 0.350. The Morgan fingerprint density at radius 3 is 2.56 bits per heavy atom. The minimum atomic E-state index is -1.14. The fourth-order valence-corrected chi connectivity index (χ4v) is 3.57. The Bertz CT molecular complexity index is 540. The van der Waals surface area contributed by atoms with Crippen LogP contribution >= 0.6 is 27.3 Å². The summed E-state index contributed by atoms with van der Waals surface area (Å²) in [5.41, 5.74) is -0.771. The number of hydrogen-bond donors (Lipinski definition) is 1. The lowest BCUT2D eigenvalue weighted by atomic mass is 9.87. The molecule has 0 saturated heterocycles. The first-order valence-corrected chi connectivity index (χ1v) is 7.38. The highest BCUT2D eigenvalue weighted by molar-refractivity contribution is 9.11. The molecule has 0 saturated carbocycles. The molecule has 2 aromatic rings. The highest BCUT2D eigenvalue weighted by Crippen LogP contribution is 2.34. The molecule has 1 unspecified atom stereocenters. The zero-order valence-corrected chi connectivity index (χ0v) is 12.4. The first kappa shape index (κ1) is 13.7. The van der Waals surface area contributed by atoms with E-state index in [0.29, 0.717) is 18.4 Å². The molecule has 4 heteroatoms. The molecule has 0 spiro atoms. The molecule has 96 valence electrons. The molecular formula is C14H14BrFOS. The highest BCUT2D eigenvalue weighted by Gasteiger charge is 2.30. The van der Waals surface area contributed by atoms with E-state index in [9.17, 15) is 9.50 Å². The van der Waals surface area contributed by atoms with Gasteiger partial charge in [-0.2, -0.15) is 0 Å². The number of thiophene rings is 1. The van der Waals surface area contributed by atoms with Crippen LogP contribution in [0.4, 0.5) is 4.39 Å². The number of hydrogen-bond acceptors (Lipinski definition) is 2. The predicted octanol–water partition coefficient (Wildman–Crippen LogP) is 4.49. The third kappa shape index (κ3) is 2.82. The number of benzene rings is 1. The molecule has 0 fully saturated rings. The molecule has 1 aromatic carbocycles. The highest BCUT2D eigenvalue weighted by atomic mass is 79.9. The fraction of sp³-hybridized carbons (Fsp3) is 0.286. The molecule has 1 heterocycles. The van der Waals surface area contributed by atoms with Gasteiger partial charge < -0.3 is 5.11 Å². The zero-order valence-electron chi connectivity index (χ0n) is 9.99. The van der Waals surface area contributed by atoms with Gasteiger partial charge >= 0.3 is 0 Å². The third-order valence-corrected chi connectivity index (χ3v) is 4.68. The van der Waals surface area contributed by atoms with Gasteiger partial charge in [0.15, 0.2) is 0 Å². The first-order valence-electron chi connectivity index (χ1n) is 5.77. The van der Waals surface area contributed by atoms with Crippen molar-refractivity contribution < 1.29 is 9.50 Å². The molecule has 2 rings (SSSR count). The Labute approximate surface area is 118 Å². The summed E-state index contributed by atoms with van der Waals surface area (Å²) in [5, 5.41) is 10.7. The van der Waals surface area contributed by atoms with Gasteiger partial charge in [0, 0.05) is 16.9 Å². The second-order valence-corrected chi connectivity index (χ2v) is 6.80. The van der Waals surface area contributed by atoms with E-state index in [0.717, 1.165) is 8.66 Å². The SMILES string of the molecule is CCC(O)(Cc1ccc(Br)s1)c1ccccc1F. The van der Waals surface area contributed by atoms with E-state index in [1.807, 2.05) is 19.1 Å². The van der Waals surface area contributed by atoms with Gasteiger partial charge in [-0.15, -0.1) is 11.3 Å². The Morgan fingerprint density at radius 1 is 1.28 bits per heavy atom. The van der Waals surface area contributed by atoms with Crippen molar-refractivity contribution in [2.75, 3.05) is 0 Å². The van der Waals surface area contributed by atoms with Crippen molar-refractivity contribution in [3.63, 3.8) is 0 Å². The van der Waals surface area contributed by atoms with Crippen LogP contribution in [-0.4, -0.2) is 5.11 Å². The summed E-state index contributed by atoms with van der Waals surface area (Å²) < 4.78 is 14.8. The Morgan fingerprint density at radius 2 is 2.00 bits per heavy atom. The molecule has 0 amide bonds. The zero-order chi connectivity index (χ0) is 13.2. The van der Waals surface area contributed by atoms with Gasteiger partial charge in [-0.3, -0.25) is 0 Å². The van der Waals surface area contributed by atoms with Gasteiger partial charge in [-0.25, -0.2) is 4.39 Å². The Kier molecular flexibility index (Phi) is 4.20. The smallest absolute Gasteiger partial charge is 0.129 e. The van der Waals surface area contributed by atoms with Crippen LogP contribution in [0, 0.1) is 5.82 Å². The third-order valence-electron chi connectivity index (χ3n) is 3.06. The first-order chi connectivity index (χ1) is 8.55. The van der Waals surface area contributed by atoms with Crippen LogP contribution in [0.15, 0.2) is 40.2 Å². The van der Waals surface area contributed by atoms with Gasteiger partial charge in [-0.05, 0) is 40.5 Å². The summed E-state index contributed by atoms with van der Waals surface area (Å²) >= 11 is 4.96. The molecular weight excluding hydrogens is 315 g/mol. The average Bonchev–Trinajstić information content (AvgIpc) is 2.75. The largest absolute Gasteiger partial charge is 0.385 e.